The number of amides is 2. The number of anilines is 1. The number of hydrogen-bond acceptors (Lipinski definition) is 5. The standard InChI is InChI=1S/C13H22N4O2S/c1-4-17(5-2)8-6-7-14-11(18)12(19)16-13-15-10(3)9-20-13/h9H,4-8H2,1-3H3,(H,14,18)(H,15,16,19). The number of aryl methyl sites for hydroxylation is 1. The van der Waals surface area contributed by atoms with Gasteiger partial charge in [0.2, 0.25) is 0 Å². The first-order chi connectivity index (χ1) is 9.56. The van der Waals surface area contributed by atoms with Gasteiger partial charge in [-0.25, -0.2) is 4.98 Å². The Morgan fingerprint density at radius 2 is 2.00 bits per heavy atom. The second-order valence-corrected chi connectivity index (χ2v) is 5.24. The lowest BCUT2D eigenvalue weighted by molar-refractivity contribution is -0.136. The van der Waals surface area contributed by atoms with Gasteiger partial charge in [0.05, 0.1) is 5.69 Å². The smallest absolute Gasteiger partial charge is 0.315 e. The molecule has 0 aliphatic rings. The summed E-state index contributed by atoms with van der Waals surface area (Å²) >= 11 is 1.30. The second-order valence-electron chi connectivity index (χ2n) is 4.38. The van der Waals surface area contributed by atoms with Crippen molar-refractivity contribution in [1.82, 2.24) is 15.2 Å². The highest BCUT2D eigenvalue weighted by atomic mass is 32.1. The number of carbonyl (C=O) groups excluding carboxylic acids is 2. The SMILES string of the molecule is CCN(CC)CCCNC(=O)C(=O)Nc1nc(C)cs1. The zero-order valence-corrected chi connectivity index (χ0v) is 13.0. The molecule has 7 heteroatoms. The Morgan fingerprint density at radius 3 is 2.55 bits per heavy atom. The van der Waals surface area contributed by atoms with Crippen molar-refractivity contribution < 1.29 is 9.59 Å². The molecule has 1 rings (SSSR count). The summed E-state index contributed by atoms with van der Waals surface area (Å²) in [5, 5.41) is 7.36. The summed E-state index contributed by atoms with van der Waals surface area (Å²) in [5.41, 5.74) is 0.824. The first-order valence-electron chi connectivity index (χ1n) is 6.80. The zero-order chi connectivity index (χ0) is 15.0. The molecule has 1 aromatic rings. The first-order valence-corrected chi connectivity index (χ1v) is 7.68. The van der Waals surface area contributed by atoms with Crippen molar-refractivity contribution in [2.45, 2.75) is 27.2 Å². The van der Waals surface area contributed by atoms with Crippen LogP contribution in [0, 0.1) is 6.92 Å². The lowest BCUT2D eigenvalue weighted by Gasteiger charge is -2.17. The van der Waals surface area contributed by atoms with E-state index in [0.717, 1.165) is 31.7 Å². The van der Waals surface area contributed by atoms with Crippen molar-refractivity contribution in [3.63, 3.8) is 0 Å². The Kier molecular flexibility index (Phi) is 7.17. The van der Waals surface area contributed by atoms with Gasteiger partial charge in [-0.2, -0.15) is 0 Å². The van der Waals surface area contributed by atoms with E-state index >= 15 is 0 Å². The summed E-state index contributed by atoms with van der Waals surface area (Å²) in [7, 11) is 0. The van der Waals surface area contributed by atoms with E-state index in [1.54, 1.807) is 0 Å². The molecule has 2 N–H and O–H groups in total. The highest BCUT2D eigenvalue weighted by Crippen LogP contribution is 2.13. The van der Waals surface area contributed by atoms with Crippen LogP contribution in [-0.4, -0.2) is 47.9 Å². The van der Waals surface area contributed by atoms with Crippen LogP contribution in [0.2, 0.25) is 0 Å². The molecule has 0 aliphatic carbocycles. The van der Waals surface area contributed by atoms with E-state index in [9.17, 15) is 9.59 Å². The largest absolute Gasteiger partial charge is 0.348 e. The van der Waals surface area contributed by atoms with Crippen LogP contribution in [0.25, 0.3) is 0 Å². The molecule has 0 atom stereocenters. The summed E-state index contributed by atoms with van der Waals surface area (Å²) in [4.78, 5) is 29.5. The van der Waals surface area contributed by atoms with E-state index in [0.29, 0.717) is 11.7 Å². The Hall–Kier alpha value is -1.47. The van der Waals surface area contributed by atoms with Crippen LogP contribution < -0.4 is 10.6 Å². The fourth-order valence-corrected chi connectivity index (χ4v) is 2.37. The van der Waals surface area contributed by atoms with Crippen LogP contribution in [0.15, 0.2) is 5.38 Å². The van der Waals surface area contributed by atoms with E-state index < -0.39 is 11.8 Å². The number of hydrogen-bond donors (Lipinski definition) is 2. The summed E-state index contributed by atoms with van der Waals surface area (Å²) in [6.45, 7) is 9.44. The average Bonchev–Trinajstić information content (AvgIpc) is 2.84. The van der Waals surface area contributed by atoms with Crippen LogP contribution in [0.1, 0.15) is 26.0 Å². The molecular weight excluding hydrogens is 276 g/mol. The number of carbonyl (C=O) groups is 2. The lowest BCUT2D eigenvalue weighted by atomic mass is 10.3. The molecule has 0 unspecified atom stereocenters. The van der Waals surface area contributed by atoms with Crippen molar-refractivity contribution in [3.05, 3.63) is 11.1 Å². The van der Waals surface area contributed by atoms with Gasteiger partial charge in [0.1, 0.15) is 0 Å². The van der Waals surface area contributed by atoms with Crippen molar-refractivity contribution in [1.29, 1.82) is 0 Å². The Morgan fingerprint density at radius 1 is 1.30 bits per heavy atom. The minimum Gasteiger partial charge on any atom is -0.348 e. The van der Waals surface area contributed by atoms with Gasteiger partial charge in [-0.3, -0.25) is 14.9 Å². The maximum atomic E-state index is 11.6. The predicted octanol–water partition coefficient (Wildman–Crippen LogP) is 1.24. The molecule has 6 nitrogen and oxygen atoms in total. The van der Waals surface area contributed by atoms with Gasteiger partial charge in [-0.15, -0.1) is 11.3 Å². The van der Waals surface area contributed by atoms with Crippen molar-refractivity contribution in [2.75, 3.05) is 31.5 Å². The lowest BCUT2D eigenvalue weighted by Crippen LogP contribution is -2.37. The minimum absolute atomic E-state index is 0.450. The number of nitrogens with one attached hydrogen (secondary N) is 2. The third kappa shape index (κ3) is 5.66. The zero-order valence-electron chi connectivity index (χ0n) is 12.2. The molecule has 1 heterocycles. The molecule has 0 aromatic carbocycles. The van der Waals surface area contributed by atoms with Crippen molar-refractivity contribution >= 4 is 28.3 Å². The summed E-state index contributed by atoms with van der Waals surface area (Å²) in [5.74, 6) is -1.28. The molecule has 0 fully saturated rings. The van der Waals surface area contributed by atoms with E-state index in [4.69, 9.17) is 0 Å². The quantitative estimate of drug-likeness (QED) is 0.587. The van der Waals surface area contributed by atoms with Crippen LogP contribution in [0.3, 0.4) is 0 Å². The predicted molar refractivity (Wildman–Crippen MR) is 80.9 cm³/mol. The normalized spacial score (nSPS) is 10.6. The summed E-state index contributed by atoms with van der Waals surface area (Å²) in [6.07, 6.45) is 0.830. The second kappa shape index (κ2) is 8.65. The molecule has 0 saturated heterocycles. The van der Waals surface area contributed by atoms with E-state index in [1.165, 1.54) is 11.3 Å². The van der Waals surface area contributed by atoms with Gasteiger partial charge in [-0.05, 0) is 33.0 Å². The van der Waals surface area contributed by atoms with Crippen LogP contribution >= 0.6 is 11.3 Å². The molecular formula is C13H22N4O2S. The van der Waals surface area contributed by atoms with Gasteiger partial charge in [0, 0.05) is 11.9 Å². The van der Waals surface area contributed by atoms with Crippen LogP contribution in [0.4, 0.5) is 5.13 Å². The van der Waals surface area contributed by atoms with Gasteiger partial charge in [0.25, 0.3) is 0 Å². The molecule has 20 heavy (non-hydrogen) atoms. The first kappa shape index (κ1) is 16.6. The Labute approximate surface area is 123 Å². The fraction of sp³-hybridized carbons (Fsp3) is 0.615. The van der Waals surface area contributed by atoms with Crippen molar-refractivity contribution in [2.24, 2.45) is 0 Å². The average molecular weight is 298 g/mol. The molecule has 1 aromatic heterocycles. The number of thiazole rings is 1. The van der Waals surface area contributed by atoms with Gasteiger partial charge in [0.15, 0.2) is 5.13 Å². The van der Waals surface area contributed by atoms with E-state index in [2.05, 4.69) is 34.4 Å². The van der Waals surface area contributed by atoms with Crippen molar-refractivity contribution in [3.8, 4) is 0 Å². The monoisotopic (exact) mass is 298 g/mol. The highest BCUT2D eigenvalue weighted by Gasteiger charge is 2.14. The number of rotatable bonds is 7. The fourth-order valence-electron chi connectivity index (χ4n) is 1.69. The summed E-state index contributed by atoms with van der Waals surface area (Å²) < 4.78 is 0. The molecule has 0 aliphatic heterocycles. The third-order valence-corrected chi connectivity index (χ3v) is 3.75. The minimum atomic E-state index is -0.665. The molecule has 112 valence electrons. The van der Waals surface area contributed by atoms with Crippen LogP contribution in [0.5, 0.6) is 0 Å². The van der Waals surface area contributed by atoms with Gasteiger partial charge >= 0.3 is 11.8 Å². The maximum Gasteiger partial charge on any atom is 0.315 e. The molecule has 0 bridgehead atoms. The van der Waals surface area contributed by atoms with Gasteiger partial charge in [-0.1, -0.05) is 13.8 Å². The maximum absolute atomic E-state index is 11.6. The number of nitrogens with zero attached hydrogens (tertiary/aromatic N) is 2. The topological polar surface area (TPSA) is 74.3 Å². The molecule has 0 saturated carbocycles. The Bertz CT molecular complexity index is 443. The summed E-state index contributed by atoms with van der Waals surface area (Å²) in [6, 6.07) is 0. The van der Waals surface area contributed by atoms with Crippen LogP contribution in [-0.2, 0) is 9.59 Å². The molecule has 0 radical (unpaired) electrons. The van der Waals surface area contributed by atoms with Gasteiger partial charge < -0.3 is 10.2 Å². The van der Waals surface area contributed by atoms with E-state index in [-0.39, 0.29) is 0 Å². The molecule has 0 spiro atoms. The Balaban J connectivity index is 2.23. The molecule has 2 amide bonds. The highest BCUT2D eigenvalue weighted by molar-refractivity contribution is 7.14. The number of aromatic nitrogens is 1. The third-order valence-electron chi connectivity index (χ3n) is 2.88. The van der Waals surface area contributed by atoms with E-state index in [1.807, 2.05) is 12.3 Å².